The second-order valence-corrected chi connectivity index (χ2v) is 14.7. The Kier molecular flexibility index (Phi) is 5.31. The first-order chi connectivity index (χ1) is 15.4. The van der Waals surface area contributed by atoms with Crippen molar-refractivity contribution in [2.75, 3.05) is 5.75 Å². The van der Waals surface area contributed by atoms with E-state index in [9.17, 15) is 21.6 Å². The second-order valence-electron chi connectivity index (χ2n) is 11.2. The molecule has 3 unspecified atom stereocenters. The number of benzene rings is 1. The first kappa shape index (κ1) is 23.3. The fourth-order valence-corrected chi connectivity index (χ4v) is 11.2. The van der Waals surface area contributed by atoms with Gasteiger partial charge in [0.25, 0.3) is 0 Å². The van der Waals surface area contributed by atoms with Gasteiger partial charge in [-0.1, -0.05) is 44.4 Å². The van der Waals surface area contributed by atoms with Crippen molar-refractivity contribution in [1.29, 1.82) is 0 Å². The highest BCUT2D eigenvalue weighted by Crippen LogP contribution is 2.70. The van der Waals surface area contributed by atoms with Gasteiger partial charge in [0.2, 0.25) is 26.0 Å². The summed E-state index contributed by atoms with van der Waals surface area (Å²) >= 11 is 0. The van der Waals surface area contributed by atoms with Gasteiger partial charge in [0.05, 0.1) is 22.6 Å². The maximum atomic E-state index is 13.8. The maximum Gasteiger partial charge on any atom is 0.241 e. The van der Waals surface area contributed by atoms with Gasteiger partial charge in [-0.05, 0) is 62.5 Å². The van der Waals surface area contributed by atoms with Crippen molar-refractivity contribution in [2.45, 2.75) is 82.7 Å². The molecule has 2 bridgehead atoms. The molecule has 33 heavy (non-hydrogen) atoms. The first-order valence-corrected chi connectivity index (χ1v) is 15.1. The third kappa shape index (κ3) is 3.40. The van der Waals surface area contributed by atoms with E-state index in [2.05, 4.69) is 18.6 Å². The number of rotatable bonds is 4. The summed E-state index contributed by atoms with van der Waals surface area (Å²) in [6.07, 6.45) is 5.20. The average Bonchev–Trinajstić information content (AvgIpc) is 3.21. The van der Waals surface area contributed by atoms with Crippen LogP contribution < -0.4 is 4.72 Å². The minimum Gasteiger partial charge on any atom is -0.273 e. The minimum absolute atomic E-state index is 0.0341. The number of carbonyl (C=O) groups is 1. The van der Waals surface area contributed by atoms with Gasteiger partial charge >= 0.3 is 0 Å². The van der Waals surface area contributed by atoms with Crippen molar-refractivity contribution in [3.05, 3.63) is 29.8 Å². The van der Waals surface area contributed by atoms with Crippen LogP contribution in [0.3, 0.4) is 0 Å². The minimum atomic E-state index is -3.81. The molecule has 1 spiro atoms. The van der Waals surface area contributed by atoms with Crippen molar-refractivity contribution in [3.63, 3.8) is 0 Å². The number of aryl methyl sites for hydroxylation is 1. The quantitative estimate of drug-likeness (QED) is 0.693. The Labute approximate surface area is 197 Å². The predicted molar refractivity (Wildman–Crippen MR) is 125 cm³/mol. The fourth-order valence-electron chi connectivity index (χ4n) is 7.29. The number of fused-ring (bicyclic) bond motifs is 1. The van der Waals surface area contributed by atoms with Crippen LogP contribution in [0.1, 0.15) is 64.4 Å². The third-order valence-corrected chi connectivity index (χ3v) is 12.8. The van der Waals surface area contributed by atoms with E-state index in [-0.39, 0.29) is 27.5 Å². The highest BCUT2D eigenvalue weighted by molar-refractivity contribution is 7.90. The summed E-state index contributed by atoms with van der Waals surface area (Å²) in [5, 5.41) is 0. The summed E-state index contributed by atoms with van der Waals surface area (Å²) < 4.78 is 56.7. The van der Waals surface area contributed by atoms with Gasteiger partial charge in [0.1, 0.15) is 0 Å². The van der Waals surface area contributed by atoms with E-state index in [0.717, 1.165) is 37.7 Å². The van der Waals surface area contributed by atoms with Crippen LogP contribution in [-0.4, -0.2) is 44.9 Å². The summed E-state index contributed by atoms with van der Waals surface area (Å²) in [6, 6.07) is 5.71. The van der Waals surface area contributed by atoms with Crippen LogP contribution in [0.2, 0.25) is 0 Å². The van der Waals surface area contributed by atoms with Crippen molar-refractivity contribution in [2.24, 2.45) is 22.7 Å². The van der Waals surface area contributed by atoms with Gasteiger partial charge in [-0.2, -0.15) is 0 Å². The lowest BCUT2D eigenvalue weighted by Gasteiger charge is -2.38. The SMILES string of the molecule is Cc1ccc(S(=O)(=O)N[C@H]2CCCC[C@@H]2C(=O)N2C3CC4CCC3(CS2(=O)=O)C4(C)C)cc1. The monoisotopic (exact) mass is 494 g/mol. The molecule has 1 aliphatic heterocycles. The summed E-state index contributed by atoms with van der Waals surface area (Å²) in [6.45, 7) is 6.21. The van der Waals surface area contributed by atoms with Crippen LogP contribution in [0.25, 0.3) is 0 Å². The molecule has 9 heteroatoms. The lowest BCUT2D eigenvalue weighted by Crippen LogP contribution is -2.52. The van der Waals surface area contributed by atoms with Crippen LogP contribution in [0.4, 0.5) is 0 Å². The molecule has 5 atom stereocenters. The Morgan fingerprint density at radius 2 is 1.76 bits per heavy atom. The molecular formula is C24H34N2O5S2. The Balaban J connectivity index is 1.43. The molecule has 5 rings (SSSR count). The molecule has 1 aromatic carbocycles. The van der Waals surface area contributed by atoms with Crippen molar-refractivity contribution >= 4 is 26.0 Å². The molecule has 3 aliphatic carbocycles. The first-order valence-electron chi connectivity index (χ1n) is 12.0. The Morgan fingerprint density at radius 1 is 1.09 bits per heavy atom. The molecule has 4 fully saturated rings. The molecular weight excluding hydrogens is 460 g/mol. The van der Waals surface area contributed by atoms with Gasteiger partial charge in [-0.25, -0.2) is 25.9 Å². The molecule has 1 saturated heterocycles. The zero-order valence-electron chi connectivity index (χ0n) is 19.6. The van der Waals surface area contributed by atoms with Crippen LogP contribution in [-0.2, 0) is 24.8 Å². The number of amides is 1. The molecule has 0 aromatic heterocycles. The maximum absolute atomic E-state index is 13.8. The lowest BCUT2D eigenvalue weighted by atomic mass is 9.69. The smallest absolute Gasteiger partial charge is 0.241 e. The molecule has 1 heterocycles. The summed E-state index contributed by atoms with van der Waals surface area (Å²) in [7, 11) is -7.54. The van der Waals surface area contributed by atoms with E-state index in [1.807, 2.05) is 6.92 Å². The average molecular weight is 495 g/mol. The molecule has 0 radical (unpaired) electrons. The molecule has 3 saturated carbocycles. The van der Waals surface area contributed by atoms with E-state index in [4.69, 9.17) is 0 Å². The molecule has 1 amide bonds. The standard InChI is InChI=1S/C24H34N2O5S2/c1-16-8-10-18(11-9-16)33(30,31)25-20-7-5-4-6-19(20)22(27)26-21-14-17-12-13-24(21,23(17,2)3)15-32(26,28)29/h8-11,17,19-21,25H,4-7,12-15H2,1-3H3/t17?,19-,20-,21?,24?/m0/s1. The Bertz CT molecular complexity index is 1180. The second kappa shape index (κ2) is 7.52. The molecule has 7 nitrogen and oxygen atoms in total. The zero-order chi connectivity index (χ0) is 23.8. The predicted octanol–water partition coefficient (Wildman–Crippen LogP) is 3.20. The van der Waals surface area contributed by atoms with Gasteiger partial charge in [-0.15, -0.1) is 0 Å². The molecule has 1 N–H and O–H groups in total. The Morgan fingerprint density at radius 3 is 2.42 bits per heavy atom. The van der Waals surface area contributed by atoms with Crippen LogP contribution in [0.15, 0.2) is 29.2 Å². The number of sulfonamides is 2. The highest BCUT2D eigenvalue weighted by atomic mass is 32.2. The number of nitrogens with one attached hydrogen (secondary N) is 1. The number of hydrogen-bond donors (Lipinski definition) is 1. The van der Waals surface area contributed by atoms with E-state index in [1.54, 1.807) is 24.3 Å². The van der Waals surface area contributed by atoms with Crippen LogP contribution in [0.5, 0.6) is 0 Å². The summed E-state index contributed by atoms with van der Waals surface area (Å²) in [5.74, 6) is -0.606. The van der Waals surface area contributed by atoms with Gasteiger partial charge in [-0.3, -0.25) is 4.79 Å². The molecule has 4 aliphatic rings. The highest BCUT2D eigenvalue weighted by Gasteiger charge is 2.72. The van der Waals surface area contributed by atoms with E-state index in [0.29, 0.717) is 18.8 Å². The number of hydrogen-bond acceptors (Lipinski definition) is 5. The lowest BCUT2D eigenvalue weighted by molar-refractivity contribution is -0.135. The third-order valence-electron chi connectivity index (χ3n) is 9.35. The zero-order valence-corrected chi connectivity index (χ0v) is 21.2. The normalized spacial score (nSPS) is 36.6. The van der Waals surface area contributed by atoms with Gasteiger partial charge in [0.15, 0.2) is 0 Å². The van der Waals surface area contributed by atoms with Crippen molar-refractivity contribution < 1.29 is 21.6 Å². The van der Waals surface area contributed by atoms with Gasteiger partial charge in [0, 0.05) is 11.5 Å². The molecule has 1 aromatic rings. The Hall–Kier alpha value is -1.45. The van der Waals surface area contributed by atoms with Crippen molar-refractivity contribution in [1.82, 2.24) is 9.03 Å². The summed E-state index contributed by atoms with van der Waals surface area (Å²) in [4.78, 5) is 14.0. The van der Waals surface area contributed by atoms with Crippen molar-refractivity contribution in [3.8, 4) is 0 Å². The number of carbonyl (C=O) groups excluding carboxylic acids is 1. The van der Waals surface area contributed by atoms with E-state index >= 15 is 0 Å². The van der Waals surface area contributed by atoms with E-state index in [1.165, 1.54) is 4.31 Å². The van der Waals surface area contributed by atoms with Crippen LogP contribution in [0, 0.1) is 29.6 Å². The largest absolute Gasteiger partial charge is 0.273 e. The fraction of sp³-hybridized carbons (Fsp3) is 0.708. The molecule has 182 valence electrons. The van der Waals surface area contributed by atoms with E-state index < -0.39 is 37.9 Å². The topological polar surface area (TPSA) is 101 Å². The summed E-state index contributed by atoms with van der Waals surface area (Å²) in [5.41, 5.74) is 0.470. The number of nitrogens with zero attached hydrogens (tertiary/aromatic N) is 1. The van der Waals surface area contributed by atoms with Gasteiger partial charge < -0.3 is 0 Å². The van der Waals surface area contributed by atoms with Crippen LogP contribution >= 0.6 is 0 Å².